The van der Waals surface area contributed by atoms with E-state index in [1.165, 1.54) is 11.1 Å². The van der Waals surface area contributed by atoms with Crippen molar-refractivity contribution in [3.63, 3.8) is 0 Å². The number of nitrogens with zero attached hydrogens (tertiary/aromatic N) is 1. The Kier molecular flexibility index (Phi) is 6.57. The summed E-state index contributed by atoms with van der Waals surface area (Å²) in [5, 5.41) is 6.63. The van der Waals surface area contributed by atoms with E-state index in [1.54, 1.807) is 19.2 Å². The first kappa shape index (κ1) is 18.5. The van der Waals surface area contributed by atoms with Gasteiger partial charge in [0, 0.05) is 25.7 Å². The van der Waals surface area contributed by atoms with Crippen LogP contribution in [-0.4, -0.2) is 25.5 Å². The predicted octanol–water partition coefficient (Wildman–Crippen LogP) is 2.56. The lowest BCUT2D eigenvalue weighted by molar-refractivity contribution is 0.100. The Bertz CT molecular complexity index is 738. The Morgan fingerprint density at radius 2 is 1.88 bits per heavy atom. The normalized spacial score (nSPS) is 12.5. The monoisotopic (exact) mass is 338 g/mol. The van der Waals surface area contributed by atoms with E-state index in [-0.39, 0.29) is 0 Å². The van der Waals surface area contributed by atoms with Crippen molar-refractivity contribution in [2.75, 3.05) is 13.6 Å². The minimum Gasteiger partial charge on any atom is -0.366 e. The molecule has 0 fully saturated rings. The average Bonchev–Trinajstić information content (AvgIpc) is 2.62. The molecule has 4 N–H and O–H groups in total. The van der Waals surface area contributed by atoms with Gasteiger partial charge in [-0.1, -0.05) is 48.9 Å². The maximum atomic E-state index is 11.1. The number of rotatable bonds is 6. The van der Waals surface area contributed by atoms with Gasteiger partial charge in [-0.3, -0.25) is 9.79 Å². The van der Waals surface area contributed by atoms with Gasteiger partial charge in [0.05, 0.1) is 0 Å². The summed E-state index contributed by atoms with van der Waals surface area (Å²) >= 11 is 0. The van der Waals surface area contributed by atoms with Crippen LogP contribution in [0.1, 0.15) is 39.9 Å². The highest BCUT2D eigenvalue weighted by Gasteiger charge is 2.07. The molecule has 0 saturated heterocycles. The fourth-order valence-electron chi connectivity index (χ4n) is 2.54. The summed E-state index contributed by atoms with van der Waals surface area (Å²) in [4.78, 5) is 15.3. The number of nitrogens with two attached hydrogens (primary N) is 1. The van der Waals surface area contributed by atoms with Crippen LogP contribution >= 0.6 is 0 Å². The second-order valence-electron chi connectivity index (χ2n) is 6.18. The van der Waals surface area contributed by atoms with Gasteiger partial charge in [0.25, 0.3) is 0 Å². The number of aliphatic imine (C=N–C) groups is 1. The third-order valence-corrected chi connectivity index (χ3v) is 4.11. The molecule has 1 unspecified atom stereocenters. The van der Waals surface area contributed by atoms with E-state index in [1.807, 2.05) is 12.1 Å². The molecule has 0 bridgehead atoms. The fourth-order valence-corrected chi connectivity index (χ4v) is 2.54. The van der Waals surface area contributed by atoms with Gasteiger partial charge in [0.1, 0.15) is 0 Å². The molecule has 0 aromatic heterocycles. The molecule has 1 atom stereocenters. The number of nitrogens with one attached hydrogen (secondary N) is 2. The highest BCUT2D eigenvalue weighted by atomic mass is 16.1. The molecule has 0 heterocycles. The van der Waals surface area contributed by atoms with Crippen molar-refractivity contribution in [2.24, 2.45) is 10.7 Å². The topological polar surface area (TPSA) is 79.5 Å². The van der Waals surface area contributed by atoms with E-state index in [4.69, 9.17) is 5.73 Å². The molecule has 5 heteroatoms. The Morgan fingerprint density at radius 1 is 1.16 bits per heavy atom. The van der Waals surface area contributed by atoms with Crippen LogP contribution in [0, 0.1) is 6.92 Å². The number of amides is 1. The van der Waals surface area contributed by atoms with Gasteiger partial charge in [-0.25, -0.2) is 0 Å². The Hall–Kier alpha value is -2.82. The molecule has 0 spiro atoms. The first-order valence-corrected chi connectivity index (χ1v) is 8.39. The third-order valence-electron chi connectivity index (χ3n) is 4.11. The van der Waals surface area contributed by atoms with Crippen molar-refractivity contribution in [3.05, 3.63) is 70.8 Å². The zero-order valence-corrected chi connectivity index (χ0v) is 15.0. The third kappa shape index (κ3) is 5.64. The number of hydrogen-bond acceptors (Lipinski definition) is 2. The van der Waals surface area contributed by atoms with E-state index >= 15 is 0 Å². The van der Waals surface area contributed by atoms with Gasteiger partial charge in [-0.15, -0.1) is 0 Å². The summed E-state index contributed by atoms with van der Waals surface area (Å²) in [7, 11) is 1.75. The predicted molar refractivity (Wildman–Crippen MR) is 103 cm³/mol. The second kappa shape index (κ2) is 8.87. The SMILES string of the molecule is CN=C(NCc1ccc(C(N)=O)cc1)NCC(C)c1cccc(C)c1. The average molecular weight is 338 g/mol. The molecule has 2 aromatic carbocycles. The summed E-state index contributed by atoms with van der Waals surface area (Å²) in [6, 6.07) is 15.8. The van der Waals surface area contributed by atoms with Crippen molar-refractivity contribution in [2.45, 2.75) is 26.3 Å². The zero-order chi connectivity index (χ0) is 18.2. The molecule has 0 aliphatic rings. The van der Waals surface area contributed by atoms with Gasteiger partial charge in [-0.05, 0) is 36.1 Å². The summed E-state index contributed by atoms with van der Waals surface area (Å²) in [5.41, 5.74) is 9.40. The summed E-state index contributed by atoms with van der Waals surface area (Å²) in [6.07, 6.45) is 0. The molecule has 2 aromatic rings. The molecule has 132 valence electrons. The molecule has 25 heavy (non-hydrogen) atoms. The molecule has 1 amide bonds. The molecule has 0 aliphatic carbocycles. The first-order chi connectivity index (χ1) is 12.0. The first-order valence-electron chi connectivity index (χ1n) is 8.39. The maximum absolute atomic E-state index is 11.1. The van der Waals surface area contributed by atoms with Crippen molar-refractivity contribution in [3.8, 4) is 0 Å². The zero-order valence-electron chi connectivity index (χ0n) is 15.0. The summed E-state index contributed by atoms with van der Waals surface area (Å²) < 4.78 is 0. The molecular weight excluding hydrogens is 312 g/mol. The van der Waals surface area contributed by atoms with Gasteiger partial charge in [-0.2, -0.15) is 0 Å². The highest BCUT2D eigenvalue weighted by Crippen LogP contribution is 2.15. The highest BCUT2D eigenvalue weighted by molar-refractivity contribution is 5.92. The maximum Gasteiger partial charge on any atom is 0.248 e. The van der Waals surface area contributed by atoms with Gasteiger partial charge in [0.2, 0.25) is 5.91 Å². The second-order valence-corrected chi connectivity index (χ2v) is 6.18. The van der Waals surface area contributed by atoms with E-state index in [0.717, 1.165) is 18.1 Å². The largest absolute Gasteiger partial charge is 0.366 e. The van der Waals surface area contributed by atoms with Crippen LogP contribution in [0.2, 0.25) is 0 Å². The van der Waals surface area contributed by atoms with Gasteiger partial charge in [0.15, 0.2) is 5.96 Å². The molecular formula is C20H26N4O. The van der Waals surface area contributed by atoms with E-state index < -0.39 is 5.91 Å². The Labute approximate surface area is 149 Å². The number of carbonyl (C=O) groups excluding carboxylic acids is 1. The minimum atomic E-state index is -0.415. The summed E-state index contributed by atoms with van der Waals surface area (Å²) in [5.74, 6) is 0.717. The smallest absolute Gasteiger partial charge is 0.248 e. The fraction of sp³-hybridized carbons (Fsp3) is 0.300. The van der Waals surface area contributed by atoms with Crippen molar-refractivity contribution < 1.29 is 4.79 Å². The lowest BCUT2D eigenvalue weighted by Gasteiger charge is -2.17. The number of guanidine groups is 1. The van der Waals surface area contributed by atoms with Gasteiger partial charge >= 0.3 is 0 Å². The van der Waals surface area contributed by atoms with Crippen molar-refractivity contribution in [1.29, 1.82) is 0 Å². The minimum absolute atomic E-state index is 0.383. The summed E-state index contributed by atoms with van der Waals surface area (Å²) in [6.45, 7) is 5.71. The van der Waals surface area contributed by atoms with Crippen molar-refractivity contribution in [1.82, 2.24) is 10.6 Å². The van der Waals surface area contributed by atoms with E-state index in [2.05, 4.69) is 53.7 Å². The van der Waals surface area contributed by atoms with Crippen LogP contribution in [0.15, 0.2) is 53.5 Å². The Balaban J connectivity index is 1.85. The molecule has 0 aliphatic heterocycles. The molecule has 2 rings (SSSR count). The Morgan fingerprint density at radius 3 is 2.48 bits per heavy atom. The van der Waals surface area contributed by atoms with Crippen LogP contribution in [0.3, 0.4) is 0 Å². The van der Waals surface area contributed by atoms with E-state index in [0.29, 0.717) is 18.0 Å². The number of carbonyl (C=O) groups is 1. The van der Waals surface area contributed by atoms with Crippen LogP contribution in [-0.2, 0) is 6.54 Å². The molecule has 0 radical (unpaired) electrons. The van der Waals surface area contributed by atoms with Crippen LogP contribution in [0.5, 0.6) is 0 Å². The molecule has 5 nitrogen and oxygen atoms in total. The number of benzene rings is 2. The standard InChI is InChI=1S/C20H26N4O/c1-14-5-4-6-18(11-14)15(2)12-23-20(22-3)24-13-16-7-9-17(10-8-16)19(21)25/h4-11,15H,12-13H2,1-3H3,(H2,21,25)(H2,22,23,24). The number of aryl methyl sites for hydroxylation is 1. The quantitative estimate of drug-likeness (QED) is 0.559. The van der Waals surface area contributed by atoms with Gasteiger partial charge < -0.3 is 16.4 Å². The van der Waals surface area contributed by atoms with E-state index in [9.17, 15) is 4.79 Å². The van der Waals surface area contributed by atoms with Crippen LogP contribution in [0.4, 0.5) is 0 Å². The number of primary amides is 1. The van der Waals surface area contributed by atoms with Crippen molar-refractivity contribution >= 4 is 11.9 Å². The van der Waals surface area contributed by atoms with Crippen LogP contribution < -0.4 is 16.4 Å². The lowest BCUT2D eigenvalue weighted by Crippen LogP contribution is -2.38. The molecule has 0 saturated carbocycles. The lowest BCUT2D eigenvalue weighted by atomic mass is 9.99. The van der Waals surface area contributed by atoms with Crippen LogP contribution in [0.25, 0.3) is 0 Å². The number of hydrogen-bond donors (Lipinski definition) is 3.